The van der Waals surface area contributed by atoms with Crippen LogP contribution in [0.4, 0.5) is 0 Å². The van der Waals surface area contributed by atoms with Crippen LogP contribution in [0.1, 0.15) is 13.3 Å². The van der Waals surface area contributed by atoms with Crippen LogP contribution in [-0.2, 0) is 4.74 Å². The maximum absolute atomic E-state index is 8.45. The zero-order valence-electron chi connectivity index (χ0n) is 7.62. The van der Waals surface area contributed by atoms with Crippen molar-refractivity contribution in [2.24, 2.45) is 0 Å². The summed E-state index contributed by atoms with van der Waals surface area (Å²) in [6.07, 6.45) is 1.07. The molecule has 0 saturated carbocycles. The molecule has 74 valence electrons. The summed E-state index contributed by atoms with van der Waals surface area (Å²) in [4.78, 5) is 0. The molecule has 0 saturated heterocycles. The largest absolute Gasteiger partial charge is 0.395 e. The van der Waals surface area contributed by atoms with Crippen LogP contribution in [-0.4, -0.2) is 49.2 Å². The normalized spacial score (nSPS) is 13.2. The second kappa shape index (κ2) is 8.93. The first kappa shape index (κ1) is 11.8. The lowest BCUT2D eigenvalue weighted by molar-refractivity contribution is 0.0348. The molecule has 0 radical (unpaired) electrons. The summed E-state index contributed by atoms with van der Waals surface area (Å²) in [5, 5.41) is 19.9. The van der Waals surface area contributed by atoms with Gasteiger partial charge in [-0.25, -0.2) is 0 Å². The number of hydrogen-bond donors (Lipinski definition) is 3. The molecule has 4 heteroatoms. The first-order chi connectivity index (χ1) is 5.81. The van der Waals surface area contributed by atoms with Crippen LogP contribution in [0.2, 0.25) is 0 Å². The van der Waals surface area contributed by atoms with E-state index in [9.17, 15) is 0 Å². The number of ether oxygens (including phenoxy) is 1. The Morgan fingerprint density at radius 3 is 2.58 bits per heavy atom. The number of rotatable bonds is 8. The van der Waals surface area contributed by atoms with Gasteiger partial charge in [-0.05, 0) is 19.9 Å². The molecule has 0 fully saturated rings. The van der Waals surface area contributed by atoms with Crippen molar-refractivity contribution in [3.05, 3.63) is 0 Å². The van der Waals surface area contributed by atoms with Crippen molar-refractivity contribution in [3.8, 4) is 0 Å². The number of aliphatic hydroxyl groups excluding tert-OH is 2. The standard InChI is InChI=1S/C8H19NO3/c1-8(12-7-6-11)2-3-9-4-5-10/h8-11H,2-7H2,1H3. The Labute approximate surface area is 73.5 Å². The van der Waals surface area contributed by atoms with E-state index in [0.717, 1.165) is 13.0 Å². The van der Waals surface area contributed by atoms with E-state index in [1.807, 2.05) is 6.92 Å². The molecule has 12 heavy (non-hydrogen) atoms. The van der Waals surface area contributed by atoms with E-state index in [-0.39, 0.29) is 19.3 Å². The third-order valence-electron chi connectivity index (χ3n) is 1.51. The van der Waals surface area contributed by atoms with E-state index < -0.39 is 0 Å². The van der Waals surface area contributed by atoms with Crippen molar-refractivity contribution in [2.45, 2.75) is 19.4 Å². The molecule has 0 aliphatic rings. The monoisotopic (exact) mass is 177 g/mol. The van der Waals surface area contributed by atoms with E-state index in [1.165, 1.54) is 0 Å². The molecule has 4 nitrogen and oxygen atoms in total. The van der Waals surface area contributed by atoms with Gasteiger partial charge in [0.2, 0.25) is 0 Å². The fraction of sp³-hybridized carbons (Fsp3) is 1.00. The van der Waals surface area contributed by atoms with Crippen LogP contribution in [0.25, 0.3) is 0 Å². The van der Waals surface area contributed by atoms with Crippen LogP contribution >= 0.6 is 0 Å². The summed E-state index contributed by atoms with van der Waals surface area (Å²) < 4.78 is 5.22. The minimum Gasteiger partial charge on any atom is -0.395 e. The van der Waals surface area contributed by atoms with Crippen molar-refractivity contribution in [1.82, 2.24) is 5.32 Å². The molecule has 0 aromatic heterocycles. The quantitative estimate of drug-likeness (QED) is 0.431. The van der Waals surface area contributed by atoms with Crippen molar-refractivity contribution in [1.29, 1.82) is 0 Å². The predicted octanol–water partition coefficient (Wildman–Crippen LogP) is -0.644. The minimum absolute atomic E-state index is 0.0778. The molecule has 0 bridgehead atoms. The molecule has 0 spiro atoms. The lowest BCUT2D eigenvalue weighted by Crippen LogP contribution is -2.23. The third kappa shape index (κ3) is 7.94. The SMILES string of the molecule is CC(CCNCCO)OCCO. The number of aliphatic hydroxyl groups is 2. The summed E-state index contributed by atoms with van der Waals surface area (Å²) in [6.45, 7) is 4.09. The van der Waals surface area contributed by atoms with Gasteiger partial charge in [0, 0.05) is 6.54 Å². The first-order valence-electron chi connectivity index (χ1n) is 4.35. The topological polar surface area (TPSA) is 61.7 Å². The van der Waals surface area contributed by atoms with Crippen LogP contribution in [0.3, 0.4) is 0 Å². The van der Waals surface area contributed by atoms with Crippen LogP contribution in [0.15, 0.2) is 0 Å². The zero-order valence-corrected chi connectivity index (χ0v) is 7.62. The van der Waals surface area contributed by atoms with Crippen molar-refractivity contribution in [3.63, 3.8) is 0 Å². The summed E-state index contributed by atoms with van der Waals surface area (Å²) in [5.41, 5.74) is 0. The average Bonchev–Trinajstić information content (AvgIpc) is 2.09. The summed E-state index contributed by atoms with van der Waals surface area (Å²) in [5.74, 6) is 0. The second-order valence-electron chi connectivity index (χ2n) is 2.67. The van der Waals surface area contributed by atoms with E-state index in [4.69, 9.17) is 14.9 Å². The smallest absolute Gasteiger partial charge is 0.0701 e. The molecule has 3 N–H and O–H groups in total. The Morgan fingerprint density at radius 1 is 1.25 bits per heavy atom. The lowest BCUT2D eigenvalue weighted by Gasteiger charge is -2.11. The highest BCUT2D eigenvalue weighted by Gasteiger charge is 1.99. The average molecular weight is 177 g/mol. The Kier molecular flexibility index (Phi) is 8.81. The molecule has 0 aromatic carbocycles. The number of hydrogen-bond acceptors (Lipinski definition) is 4. The first-order valence-corrected chi connectivity index (χ1v) is 4.35. The van der Waals surface area contributed by atoms with E-state index in [0.29, 0.717) is 13.2 Å². The lowest BCUT2D eigenvalue weighted by atomic mass is 10.3. The van der Waals surface area contributed by atoms with Crippen LogP contribution in [0, 0.1) is 0 Å². The molecule has 0 heterocycles. The molecule has 0 aliphatic heterocycles. The maximum atomic E-state index is 8.45. The number of nitrogens with one attached hydrogen (secondary N) is 1. The molecule has 0 amide bonds. The van der Waals surface area contributed by atoms with Gasteiger partial charge < -0.3 is 20.3 Å². The third-order valence-corrected chi connectivity index (χ3v) is 1.51. The Balaban J connectivity index is 3.02. The van der Waals surface area contributed by atoms with E-state index in [1.54, 1.807) is 0 Å². The molecule has 0 rings (SSSR count). The van der Waals surface area contributed by atoms with Crippen molar-refractivity contribution >= 4 is 0 Å². The highest BCUT2D eigenvalue weighted by Crippen LogP contribution is 1.94. The van der Waals surface area contributed by atoms with Gasteiger partial charge >= 0.3 is 0 Å². The molecule has 0 aromatic rings. The van der Waals surface area contributed by atoms with Gasteiger partial charge in [-0.2, -0.15) is 0 Å². The molecular weight excluding hydrogens is 158 g/mol. The molecular formula is C8H19NO3. The molecule has 0 aliphatic carbocycles. The van der Waals surface area contributed by atoms with Crippen molar-refractivity contribution in [2.75, 3.05) is 32.9 Å². The predicted molar refractivity (Wildman–Crippen MR) is 47.1 cm³/mol. The Morgan fingerprint density at radius 2 is 2.00 bits per heavy atom. The van der Waals surface area contributed by atoms with Gasteiger partial charge in [-0.3, -0.25) is 0 Å². The Bertz CT molecular complexity index is 90.4. The highest BCUT2D eigenvalue weighted by atomic mass is 16.5. The zero-order chi connectivity index (χ0) is 9.23. The van der Waals surface area contributed by atoms with Crippen molar-refractivity contribution < 1.29 is 14.9 Å². The highest BCUT2D eigenvalue weighted by molar-refractivity contribution is 4.53. The summed E-state index contributed by atoms with van der Waals surface area (Å²) >= 11 is 0. The molecule has 1 unspecified atom stereocenters. The molecule has 1 atom stereocenters. The van der Waals surface area contributed by atoms with E-state index in [2.05, 4.69) is 5.32 Å². The van der Waals surface area contributed by atoms with Crippen LogP contribution in [0.5, 0.6) is 0 Å². The van der Waals surface area contributed by atoms with Gasteiger partial charge in [0.15, 0.2) is 0 Å². The summed E-state index contributed by atoms with van der Waals surface area (Å²) in [6, 6.07) is 0. The van der Waals surface area contributed by atoms with Gasteiger partial charge in [0.1, 0.15) is 0 Å². The van der Waals surface area contributed by atoms with Gasteiger partial charge in [-0.15, -0.1) is 0 Å². The second-order valence-corrected chi connectivity index (χ2v) is 2.67. The Hall–Kier alpha value is -0.160. The van der Waals surface area contributed by atoms with E-state index >= 15 is 0 Å². The fourth-order valence-electron chi connectivity index (χ4n) is 0.847. The van der Waals surface area contributed by atoms with Crippen LogP contribution < -0.4 is 5.32 Å². The summed E-state index contributed by atoms with van der Waals surface area (Å²) in [7, 11) is 0. The maximum Gasteiger partial charge on any atom is 0.0701 e. The van der Waals surface area contributed by atoms with Gasteiger partial charge in [-0.1, -0.05) is 0 Å². The van der Waals surface area contributed by atoms with Gasteiger partial charge in [0.05, 0.1) is 25.9 Å². The minimum atomic E-state index is 0.0778. The van der Waals surface area contributed by atoms with Gasteiger partial charge in [0.25, 0.3) is 0 Å². The fourth-order valence-corrected chi connectivity index (χ4v) is 0.847.